The van der Waals surface area contributed by atoms with Crippen LogP contribution in [0.2, 0.25) is 0 Å². The van der Waals surface area contributed by atoms with Crippen molar-refractivity contribution in [2.45, 2.75) is 6.92 Å². The SMILES string of the molecule is C=CCOc1c(I)cc(/C=C(/C#N)C(=O)Nc2ccc(N(C)C)cc2)cc1OCC. The van der Waals surface area contributed by atoms with Gasteiger partial charge in [0.05, 0.1) is 10.2 Å². The molecule has 0 aliphatic rings. The summed E-state index contributed by atoms with van der Waals surface area (Å²) in [4.78, 5) is 14.6. The second-order valence-electron chi connectivity index (χ2n) is 6.43. The van der Waals surface area contributed by atoms with Gasteiger partial charge in [0.1, 0.15) is 18.2 Å². The molecule has 0 bridgehead atoms. The Bertz CT molecular complexity index is 976. The van der Waals surface area contributed by atoms with Crippen molar-refractivity contribution in [3.05, 3.63) is 63.8 Å². The summed E-state index contributed by atoms with van der Waals surface area (Å²) in [6.45, 7) is 6.34. The van der Waals surface area contributed by atoms with Gasteiger partial charge < -0.3 is 19.7 Å². The predicted molar refractivity (Wildman–Crippen MR) is 129 cm³/mol. The molecular weight excluding hydrogens is 493 g/mol. The summed E-state index contributed by atoms with van der Waals surface area (Å²) in [6, 6.07) is 12.9. The van der Waals surface area contributed by atoms with E-state index in [1.54, 1.807) is 24.3 Å². The van der Waals surface area contributed by atoms with Gasteiger partial charge in [-0.3, -0.25) is 4.79 Å². The Balaban J connectivity index is 2.28. The third-order valence-electron chi connectivity index (χ3n) is 3.99. The minimum Gasteiger partial charge on any atom is -0.490 e. The predicted octanol–water partition coefficient (Wildman–Crippen LogP) is 4.87. The zero-order valence-corrected chi connectivity index (χ0v) is 19.4. The summed E-state index contributed by atoms with van der Waals surface area (Å²) in [5.74, 6) is 0.683. The van der Waals surface area contributed by atoms with Crippen LogP contribution in [0.5, 0.6) is 11.5 Å². The molecule has 1 amide bonds. The van der Waals surface area contributed by atoms with E-state index in [9.17, 15) is 10.1 Å². The Kier molecular flexibility index (Phi) is 8.74. The third kappa shape index (κ3) is 6.26. The maximum absolute atomic E-state index is 12.6. The number of hydrogen-bond acceptors (Lipinski definition) is 5. The maximum atomic E-state index is 12.6. The molecule has 0 radical (unpaired) electrons. The first-order valence-electron chi connectivity index (χ1n) is 9.30. The Morgan fingerprint density at radius 2 is 1.97 bits per heavy atom. The van der Waals surface area contributed by atoms with Crippen molar-refractivity contribution in [1.29, 1.82) is 5.26 Å². The molecule has 0 aromatic heterocycles. The Morgan fingerprint density at radius 1 is 1.27 bits per heavy atom. The van der Waals surface area contributed by atoms with Crippen molar-refractivity contribution in [1.82, 2.24) is 0 Å². The first kappa shape index (κ1) is 23.3. The first-order chi connectivity index (χ1) is 14.4. The number of benzene rings is 2. The van der Waals surface area contributed by atoms with Crippen molar-refractivity contribution in [2.75, 3.05) is 37.5 Å². The molecule has 0 spiro atoms. The molecule has 0 aliphatic heterocycles. The van der Waals surface area contributed by atoms with Gasteiger partial charge in [-0.05, 0) is 77.6 Å². The van der Waals surface area contributed by atoms with Crippen LogP contribution in [0.3, 0.4) is 0 Å². The smallest absolute Gasteiger partial charge is 0.266 e. The first-order valence-corrected chi connectivity index (χ1v) is 10.4. The average molecular weight is 517 g/mol. The Labute approximate surface area is 190 Å². The quantitative estimate of drug-likeness (QED) is 0.223. The van der Waals surface area contributed by atoms with E-state index in [0.29, 0.717) is 36.0 Å². The highest BCUT2D eigenvalue weighted by molar-refractivity contribution is 14.1. The summed E-state index contributed by atoms with van der Waals surface area (Å²) in [5, 5.41) is 12.3. The number of ether oxygens (including phenoxy) is 2. The van der Waals surface area contributed by atoms with E-state index in [0.717, 1.165) is 9.26 Å². The fraction of sp³-hybridized carbons (Fsp3) is 0.217. The number of halogens is 1. The normalized spacial score (nSPS) is 10.7. The fourth-order valence-corrected chi connectivity index (χ4v) is 3.35. The Morgan fingerprint density at radius 3 is 2.53 bits per heavy atom. The number of anilines is 2. The highest BCUT2D eigenvalue weighted by atomic mass is 127. The molecule has 30 heavy (non-hydrogen) atoms. The van der Waals surface area contributed by atoms with E-state index in [1.165, 1.54) is 6.08 Å². The van der Waals surface area contributed by atoms with E-state index in [-0.39, 0.29) is 5.57 Å². The van der Waals surface area contributed by atoms with Gasteiger partial charge in [0.15, 0.2) is 11.5 Å². The van der Waals surface area contributed by atoms with Gasteiger partial charge in [0.2, 0.25) is 0 Å². The molecule has 2 aromatic rings. The number of carbonyl (C=O) groups is 1. The van der Waals surface area contributed by atoms with Crippen LogP contribution in [-0.4, -0.2) is 33.2 Å². The van der Waals surface area contributed by atoms with Gasteiger partial charge in [0.25, 0.3) is 5.91 Å². The maximum Gasteiger partial charge on any atom is 0.266 e. The lowest BCUT2D eigenvalue weighted by molar-refractivity contribution is -0.112. The van der Waals surface area contributed by atoms with E-state index in [4.69, 9.17) is 9.47 Å². The number of nitriles is 1. The lowest BCUT2D eigenvalue weighted by Gasteiger charge is -2.14. The van der Waals surface area contributed by atoms with Crippen LogP contribution < -0.4 is 19.7 Å². The fourth-order valence-electron chi connectivity index (χ4n) is 2.57. The van der Waals surface area contributed by atoms with Gasteiger partial charge in [-0.15, -0.1) is 0 Å². The summed E-state index contributed by atoms with van der Waals surface area (Å²) >= 11 is 2.14. The summed E-state index contributed by atoms with van der Waals surface area (Å²) in [6.07, 6.45) is 3.19. The monoisotopic (exact) mass is 517 g/mol. The molecular formula is C23H24IN3O3. The van der Waals surface area contributed by atoms with Crippen LogP contribution in [0.4, 0.5) is 11.4 Å². The van der Waals surface area contributed by atoms with Crippen molar-refractivity contribution >= 4 is 45.9 Å². The number of hydrogen-bond donors (Lipinski definition) is 1. The lowest BCUT2D eigenvalue weighted by atomic mass is 10.1. The number of nitrogens with one attached hydrogen (secondary N) is 1. The zero-order chi connectivity index (χ0) is 22.1. The number of carbonyl (C=O) groups excluding carboxylic acids is 1. The molecule has 0 heterocycles. The average Bonchev–Trinajstić information content (AvgIpc) is 2.72. The Hall–Kier alpha value is -2.99. The molecule has 156 valence electrons. The van der Waals surface area contributed by atoms with Gasteiger partial charge >= 0.3 is 0 Å². The lowest BCUT2D eigenvalue weighted by Crippen LogP contribution is -2.14. The second-order valence-corrected chi connectivity index (χ2v) is 7.59. The summed E-state index contributed by atoms with van der Waals surface area (Å²) < 4.78 is 12.2. The topological polar surface area (TPSA) is 74.6 Å². The van der Waals surface area contributed by atoms with Crippen LogP contribution >= 0.6 is 22.6 Å². The van der Waals surface area contributed by atoms with E-state index >= 15 is 0 Å². The largest absolute Gasteiger partial charge is 0.490 e. The standard InChI is InChI=1S/C23H24IN3O3/c1-5-11-30-22-20(24)13-16(14-21(22)29-6-2)12-17(15-25)23(28)26-18-7-9-19(10-8-18)27(3)4/h5,7-10,12-14H,1,6,11H2,2-4H3,(H,26,28)/b17-12-. The van der Waals surface area contributed by atoms with Crippen LogP contribution in [0.1, 0.15) is 12.5 Å². The highest BCUT2D eigenvalue weighted by Gasteiger charge is 2.14. The van der Waals surface area contributed by atoms with Gasteiger partial charge in [0, 0.05) is 25.5 Å². The molecule has 6 nitrogen and oxygen atoms in total. The summed E-state index contributed by atoms with van der Waals surface area (Å²) in [5.41, 5.74) is 2.29. The molecule has 0 saturated carbocycles. The van der Waals surface area contributed by atoms with Crippen molar-refractivity contribution in [3.63, 3.8) is 0 Å². The van der Waals surface area contributed by atoms with Crippen molar-refractivity contribution < 1.29 is 14.3 Å². The van der Waals surface area contributed by atoms with Gasteiger partial charge in [-0.1, -0.05) is 12.7 Å². The molecule has 0 aliphatic carbocycles. The number of amides is 1. The molecule has 0 saturated heterocycles. The molecule has 2 aromatic carbocycles. The van der Waals surface area contributed by atoms with Gasteiger partial charge in [-0.2, -0.15) is 5.26 Å². The summed E-state index contributed by atoms with van der Waals surface area (Å²) in [7, 11) is 3.88. The van der Waals surface area contributed by atoms with E-state index in [1.807, 2.05) is 50.2 Å². The van der Waals surface area contributed by atoms with Gasteiger partial charge in [-0.25, -0.2) is 0 Å². The van der Waals surface area contributed by atoms with E-state index < -0.39 is 5.91 Å². The van der Waals surface area contributed by atoms with E-state index in [2.05, 4.69) is 34.5 Å². The molecule has 2 rings (SSSR count). The molecule has 0 unspecified atom stereocenters. The minimum atomic E-state index is -0.477. The van der Waals surface area contributed by atoms with Crippen LogP contribution in [0.15, 0.2) is 54.6 Å². The van der Waals surface area contributed by atoms with Crippen molar-refractivity contribution in [2.24, 2.45) is 0 Å². The van der Waals surface area contributed by atoms with Crippen molar-refractivity contribution in [3.8, 4) is 17.6 Å². The molecule has 0 atom stereocenters. The zero-order valence-electron chi connectivity index (χ0n) is 17.2. The molecule has 1 N–H and O–H groups in total. The number of nitrogens with zero attached hydrogens (tertiary/aromatic N) is 2. The second kappa shape index (κ2) is 11.3. The third-order valence-corrected chi connectivity index (χ3v) is 4.80. The minimum absolute atomic E-state index is 0.00954. The number of rotatable bonds is 9. The van der Waals surface area contributed by atoms with Crippen LogP contribution in [-0.2, 0) is 4.79 Å². The highest BCUT2D eigenvalue weighted by Crippen LogP contribution is 2.35. The van der Waals surface area contributed by atoms with Crippen LogP contribution in [0, 0.1) is 14.9 Å². The molecule has 0 fully saturated rings. The molecule has 7 heteroatoms. The van der Waals surface area contributed by atoms with Crippen LogP contribution in [0.25, 0.3) is 6.08 Å².